The molecule has 0 bridgehead atoms. The highest BCUT2D eigenvalue weighted by Gasteiger charge is 2.45. The van der Waals surface area contributed by atoms with E-state index in [-0.39, 0.29) is 28.7 Å². The van der Waals surface area contributed by atoms with Gasteiger partial charge in [0.2, 0.25) is 6.29 Å². The molecule has 1 saturated heterocycles. The van der Waals surface area contributed by atoms with Crippen molar-refractivity contribution in [3.8, 4) is 0 Å². The van der Waals surface area contributed by atoms with Crippen molar-refractivity contribution in [1.29, 1.82) is 0 Å². The number of aryl methyl sites for hydroxylation is 1. The maximum atomic E-state index is 13.1. The molecule has 0 aliphatic carbocycles. The molecule has 2 aromatic rings. The van der Waals surface area contributed by atoms with E-state index < -0.39 is 6.29 Å². The lowest BCUT2D eigenvalue weighted by Gasteiger charge is -2.41. The minimum atomic E-state index is -0.510. The smallest absolute Gasteiger partial charge is 0.315 e. The van der Waals surface area contributed by atoms with Crippen molar-refractivity contribution in [3.05, 3.63) is 64.6 Å². The first-order valence-corrected chi connectivity index (χ1v) is 11.7. The van der Waals surface area contributed by atoms with E-state index in [0.717, 1.165) is 22.2 Å². The zero-order chi connectivity index (χ0) is 21.0. The highest BCUT2D eigenvalue weighted by atomic mass is 79.9. The third kappa shape index (κ3) is 5.87. The topological polar surface area (TPSA) is 35.5 Å². The molecule has 0 N–H and O–H groups in total. The van der Waals surface area contributed by atoms with E-state index >= 15 is 0 Å². The lowest BCUT2D eigenvalue weighted by atomic mass is 9.90. The Morgan fingerprint density at radius 1 is 1.07 bits per heavy atom. The van der Waals surface area contributed by atoms with Crippen LogP contribution >= 0.6 is 27.7 Å². The van der Waals surface area contributed by atoms with Crippen LogP contribution in [0.25, 0.3) is 0 Å². The number of carbonyl (C=O) groups is 1. The van der Waals surface area contributed by atoms with E-state index in [4.69, 9.17) is 9.47 Å². The summed E-state index contributed by atoms with van der Waals surface area (Å²) in [7, 11) is 0. The van der Waals surface area contributed by atoms with Crippen LogP contribution in [-0.4, -0.2) is 23.6 Å². The average Bonchev–Trinajstić information content (AvgIpc) is 2.67. The van der Waals surface area contributed by atoms with Gasteiger partial charge in [0.25, 0.3) is 0 Å². The summed E-state index contributed by atoms with van der Waals surface area (Å²) in [6, 6.07) is 18.5. The molecule has 0 unspecified atom stereocenters. The van der Waals surface area contributed by atoms with Gasteiger partial charge < -0.3 is 9.47 Å². The van der Waals surface area contributed by atoms with Gasteiger partial charge in [-0.3, -0.25) is 4.79 Å². The number of thioether (sulfide) groups is 1. The van der Waals surface area contributed by atoms with Gasteiger partial charge in [0, 0.05) is 20.0 Å². The molecular weight excluding hydrogens is 448 g/mol. The second kappa shape index (κ2) is 9.67. The van der Waals surface area contributed by atoms with Crippen molar-refractivity contribution < 1.29 is 14.3 Å². The van der Waals surface area contributed by atoms with Crippen LogP contribution in [0.15, 0.2) is 64.0 Å². The Balaban J connectivity index is 1.81. The minimum Gasteiger partial charge on any atom is -0.435 e. The molecular formula is C24H29BrO3S. The lowest BCUT2D eigenvalue weighted by molar-refractivity contribution is -0.253. The molecule has 5 heteroatoms. The summed E-state index contributed by atoms with van der Waals surface area (Å²) in [6.45, 7) is 8.09. The summed E-state index contributed by atoms with van der Waals surface area (Å²) >= 11 is 5.37. The largest absolute Gasteiger partial charge is 0.435 e. The summed E-state index contributed by atoms with van der Waals surface area (Å²) in [5.41, 5.74) is 1.03. The number of hydrogen-bond acceptors (Lipinski definition) is 4. The van der Waals surface area contributed by atoms with Gasteiger partial charge in [-0.1, -0.05) is 63.2 Å². The van der Waals surface area contributed by atoms with Crippen molar-refractivity contribution in [3.63, 3.8) is 0 Å². The number of esters is 1. The molecule has 3 rings (SSSR count). The Morgan fingerprint density at radius 3 is 2.34 bits per heavy atom. The van der Waals surface area contributed by atoms with Gasteiger partial charge in [0.05, 0.1) is 12.0 Å². The normalized spacial score (nSPS) is 23.5. The molecule has 0 radical (unpaired) electrons. The fourth-order valence-corrected chi connectivity index (χ4v) is 5.43. The van der Waals surface area contributed by atoms with Gasteiger partial charge in [-0.15, -0.1) is 11.8 Å². The number of benzene rings is 2. The average molecular weight is 477 g/mol. The fourth-order valence-electron chi connectivity index (χ4n) is 3.49. The molecule has 1 aliphatic heterocycles. The molecule has 1 aliphatic rings. The molecule has 0 saturated carbocycles. The van der Waals surface area contributed by atoms with E-state index in [1.165, 1.54) is 5.56 Å². The zero-order valence-electron chi connectivity index (χ0n) is 17.4. The van der Waals surface area contributed by atoms with Crippen molar-refractivity contribution in [1.82, 2.24) is 0 Å². The van der Waals surface area contributed by atoms with Crippen LogP contribution < -0.4 is 0 Å². The first-order chi connectivity index (χ1) is 13.8. The van der Waals surface area contributed by atoms with Crippen LogP contribution in [-0.2, 0) is 20.7 Å². The van der Waals surface area contributed by atoms with Crippen LogP contribution in [0.2, 0.25) is 0 Å². The number of halogens is 1. The Morgan fingerprint density at radius 2 is 1.72 bits per heavy atom. The molecule has 156 valence electrons. The predicted molar refractivity (Wildman–Crippen MR) is 122 cm³/mol. The maximum absolute atomic E-state index is 13.1. The predicted octanol–water partition coefficient (Wildman–Crippen LogP) is 6.49. The molecule has 0 amide bonds. The Kier molecular flexibility index (Phi) is 7.47. The monoisotopic (exact) mass is 476 g/mol. The SMILES string of the molecule is C[C@H]1O[C@@H](C(C)(C)C)OC(=O)[C@@H]1[C@H](CCc1ccccc1)Sc1ccccc1Br. The highest BCUT2D eigenvalue weighted by Crippen LogP contribution is 2.41. The Hall–Kier alpha value is -1.30. The van der Waals surface area contributed by atoms with Gasteiger partial charge in [-0.25, -0.2) is 0 Å². The van der Waals surface area contributed by atoms with E-state index in [2.05, 4.69) is 46.3 Å². The van der Waals surface area contributed by atoms with E-state index in [0.29, 0.717) is 0 Å². The summed E-state index contributed by atoms with van der Waals surface area (Å²) < 4.78 is 13.0. The summed E-state index contributed by atoms with van der Waals surface area (Å²) in [5, 5.41) is 0.0531. The van der Waals surface area contributed by atoms with Crippen LogP contribution in [0.5, 0.6) is 0 Å². The van der Waals surface area contributed by atoms with Crippen molar-refractivity contribution in [2.45, 2.75) is 63.1 Å². The van der Waals surface area contributed by atoms with Crippen LogP contribution in [0.4, 0.5) is 0 Å². The Labute approximate surface area is 186 Å². The zero-order valence-corrected chi connectivity index (χ0v) is 19.8. The highest BCUT2D eigenvalue weighted by molar-refractivity contribution is 9.10. The number of rotatable bonds is 6. The quantitative estimate of drug-likeness (QED) is 0.352. The second-order valence-electron chi connectivity index (χ2n) is 8.61. The van der Waals surface area contributed by atoms with E-state index in [1.807, 2.05) is 52.0 Å². The molecule has 1 fully saturated rings. The van der Waals surface area contributed by atoms with Crippen LogP contribution in [0.3, 0.4) is 0 Å². The minimum absolute atomic E-state index is 0.0531. The first-order valence-electron chi connectivity index (χ1n) is 10.1. The third-order valence-electron chi connectivity index (χ3n) is 5.12. The van der Waals surface area contributed by atoms with Gasteiger partial charge in [0.15, 0.2) is 0 Å². The molecule has 3 nitrogen and oxygen atoms in total. The lowest BCUT2D eigenvalue weighted by Crippen LogP contribution is -2.50. The fraction of sp³-hybridized carbons (Fsp3) is 0.458. The summed E-state index contributed by atoms with van der Waals surface area (Å²) in [5.74, 6) is -0.462. The van der Waals surface area contributed by atoms with Gasteiger partial charge in [-0.2, -0.15) is 0 Å². The molecule has 2 aromatic carbocycles. The van der Waals surface area contributed by atoms with E-state index in [1.54, 1.807) is 11.8 Å². The second-order valence-corrected chi connectivity index (χ2v) is 10.7. The number of cyclic esters (lactones) is 1. The van der Waals surface area contributed by atoms with Crippen molar-refractivity contribution in [2.75, 3.05) is 0 Å². The third-order valence-corrected chi connectivity index (χ3v) is 7.52. The number of hydrogen-bond donors (Lipinski definition) is 0. The van der Waals surface area contributed by atoms with Crippen molar-refractivity contribution in [2.24, 2.45) is 11.3 Å². The summed E-state index contributed by atoms with van der Waals surface area (Å²) in [6.07, 6.45) is 1.06. The molecule has 0 aromatic heterocycles. The summed E-state index contributed by atoms with van der Waals surface area (Å²) in [4.78, 5) is 14.2. The molecule has 0 spiro atoms. The first kappa shape index (κ1) is 22.4. The molecule has 29 heavy (non-hydrogen) atoms. The Bertz CT molecular complexity index is 818. The van der Waals surface area contributed by atoms with Crippen molar-refractivity contribution >= 4 is 33.7 Å². The van der Waals surface area contributed by atoms with Gasteiger partial charge in [0.1, 0.15) is 0 Å². The maximum Gasteiger partial charge on any atom is 0.315 e. The number of ether oxygens (including phenoxy) is 2. The van der Waals surface area contributed by atoms with E-state index in [9.17, 15) is 4.79 Å². The number of carbonyl (C=O) groups excluding carboxylic acids is 1. The van der Waals surface area contributed by atoms with Crippen LogP contribution in [0.1, 0.15) is 39.7 Å². The molecule has 1 heterocycles. The standard InChI is InChI=1S/C24H29BrO3S/c1-16-21(22(26)28-23(27-16)24(2,3)4)20(15-14-17-10-6-5-7-11-17)29-19-13-9-8-12-18(19)25/h5-13,16,20-21,23H,14-15H2,1-4H3/t16-,20+,21+,23-/m1/s1. The molecule has 4 atom stereocenters. The van der Waals surface area contributed by atoms with Gasteiger partial charge >= 0.3 is 5.97 Å². The van der Waals surface area contributed by atoms with Gasteiger partial charge in [-0.05, 0) is 53.4 Å². The van der Waals surface area contributed by atoms with Crippen LogP contribution in [0, 0.1) is 11.3 Å².